The number of amides is 1. The number of thiophene rings is 2. The van der Waals surface area contributed by atoms with Crippen LogP contribution >= 0.6 is 22.7 Å². The molecular formula is C18H14N2O2S2. The van der Waals surface area contributed by atoms with Gasteiger partial charge in [-0.1, -0.05) is 36.4 Å². The summed E-state index contributed by atoms with van der Waals surface area (Å²) in [4.78, 5) is 26.4. The molecule has 3 aromatic rings. The van der Waals surface area contributed by atoms with Crippen molar-refractivity contribution in [1.82, 2.24) is 0 Å². The van der Waals surface area contributed by atoms with Gasteiger partial charge in [-0.3, -0.25) is 9.59 Å². The van der Waals surface area contributed by atoms with Gasteiger partial charge < -0.3 is 11.1 Å². The molecule has 0 radical (unpaired) electrons. The molecule has 0 bridgehead atoms. The topological polar surface area (TPSA) is 72.2 Å². The van der Waals surface area contributed by atoms with E-state index in [2.05, 4.69) is 5.32 Å². The summed E-state index contributed by atoms with van der Waals surface area (Å²) in [5.74, 6) is -0.227. The van der Waals surface area contributed by atoms with Gasteiger partial charge in [0.15, 0.2) is 0 Å². The van der Waals surface area contributed by atoms with E-state index < -0.39 is 0 Å². The number of nitrogens with one attached hydrogen (secondary N) is 1. The lowest BCUT2D eigenvalue weighted by atomic mass is 9.91. The van der Waals surface area contributed by atoms with Gasteiger partial charge in [0, 0.05) is 28.3 Å². The van der Waals surface area contributed by atoms with Crippen LogP contribution in [0.25, 0.3) is 0 Å². The Kier molecular flexibility index (Phi) is 3.70. The minimum atomic E-state index is -0.105. The van der Waals surface area contributed by atoms with Crippen LogP contribution in [0, 0.1) is 0 Å². The van der Waals surface area contributed by atoms with E-state index in [0.29, 0.717) is 27.5 Å². The Bertz CT molecular complexity index is 914. The van der Waals surface area contributed by atoms with E-state index >= 15 is 0 Å². The van der Waals surface area contributed by atoms with Gasteiger partial charge in [0.2, 0.25) is 11.7 Å². The number of fused-ring (bicyclic) bond motifs is 1. The zero-order chi connectivity index (χ0) is 16.7. The van der Waals surface area contributed by atoms with Crippen LogP contribution in [0.4, 0.5) is 10.7 Å². The van der Waals surface area contributed by atoms with Gasteiger partial charge in [0.05, 0.1) is 5.69 Å². The Hall–Kier alpha value is -2.44. The predicted molar refractivity (Wildman–Crippen MR) is 98.0 cm³/mol. The lowest BCUT2D eigenvalue weighted by molar-refractivity contribution is -0.116. The van der Waals surface area contributed by atoms with Crippen LogP contribution in [0.5, 0.6) is 0 Å². The number of hydrogen-bond acceptors (Lipinski definition) is 5. The maximum atomic E-state index is 12.8. The van der Waals surface area contributed by atoms with Crippen LogP contribution in [0.2, 0.25) is 0 Å². The van der Waals surface area contributed by atoms with E-state index in [1.54, 1.807) is 23.5 Å². The number of carbonyl (C=O) groups excluding carboxylic acids is 2. The number of rotatable bonds is 3. The largest absolute Gasteiger partial charge is 0.397 e. The molecule has 1 amide bonds. The average Bonchev–Trinajstić information content (AvgIpc) is 3.23. The molecule has 1 aliphatic heterocycles. The fourth-order valence-electron chi connectivity index (χ4n) is 2.98. The number of hydrogen-bond donors (Lipinski definition) is 2. The molecule has 0 aliphatic carbocycles. The molecule has 4 rings (SSSR count). The zero-order valence-electron chi connectivity index (χ0n) is 12.6. The predicted octanol–water partition coefficient (Wildman–Crippen LogP) is 4.10. The lowest BCUT2D eigenvalue weighted by Crippen LogP contribution is -2.22. The van der Waals surface area contributed by atoms with Crippen LogP contribution in [0.15, 0.2) is 47.8 Å². The molecule has 120 valence electrons. The standard InChI is InChI=1S/C18H14N2O2S2/c19-15-14-11(12-7-4-8-23-12)9-13(21)20-18(14)24-17(15)16(22)10-5-2-1-3-6-10/h1-8,11H,9,19H2,(H,20,21). The average molecular weight is 354 g/mol. The lowest BCUT2D eigenvalue weighted by Gasteiger charge is -2.22. The highest BCUT2D eigenvalue weighted by Gasteiger charge is 2.34. The number of carbonyl (C=O) groups is 2. The minimum Gasteiger partial charge on any atom is -0.397 e. The first kappa shape index (κ1) is 15.1. The molecular weight excluding hydrogens is 340 g/mol. The molecule has 4 nitrogen and oxygen atoms in total. The summed E-state index contributed by atoms with van der Waals surface area (Å²) in [7, 11) is 0. The fourth-order valence-corrected chi connectivity index (χ4v) is 4.98. The normalized spacial score (nSPS) is 16.5. The van der Waals surface area contributed by atoms with Crippen molar-refractivity contribution in [2.75, 3.05) is 11.1 Å². The molecule has 1 aromatic carbocycles. The summed E-state index contributed by atoms with van der Waals surface area (Å²) in [5.41, 5.74) is 8.31. The Morgan fingerprint density at radius 2 is 1.96 bits per heavy atom. The van der Waals surface area contributed by atoms with Crippen molar-refractivity contribution in [2.45, 2.75) is 12.3 Å². The molecule has 6 heteroatoms. The van der Waals surface area contributed by atoms with E-state index in [4.69, 9.17) is 5.73 Å². The highest BCUT2D eigenvalue weighted by atomic mass is 32.1. The van der Waals surface area contributed by atoms with Gasteiger partial charge in [0.25, 0.3) is 0 Å². The third-order valence-corrected chi connectivity index (χ3v) is 6.22. The summed E-state index contributed by atoms with van der Waals surface area (Å²) < 4.78 is 0. The van der Waals surface area contributed by atoms with Crippen molar-refractivity contribution in [3.05, 3.63) is 68.7 Å². The first-order chi connectivity index (χ1) is 11.6. The third kappa shape index (κ3) is 2.44. The van der Waals surface area contributed by atoms with Crippen molar-refractivity contribution in [3.8, 4) is 0 Å². The monoisotopic (exact) mass is 354 g/mol. The number of nitrogens with two attached hydrogens (primary N) is 1. The maximum Gasteiger partial charge on any atom is 0.225 e. The van der Waals surface area contributed by atoms with E-state index in [9.17, 15) is 9.59 Å². The Labute approximate surface area is 146 Å². The Morgan fingerprint density at radius 3 is 2.67 bits per heavy atom. The quantitative estimate of drug-likeness (QED) is 0.696. The molecule has 1 unspecified atom stereocenters. The van der Waals surface area contributed by atoms with Gasteiger partial charge in [-0.05, 0) is 11.4 Å². The molecule has 3 heterocycles. The molecule has 1 atom stereocenters. The second-order valence-corrected chi connectivity index (χ2v) is 7.60. The van der Waals surface area contributed by atoms with Crippen LogP contribution in [-0.2, 0) is 4.79 Å². The summed E-state index contributed by atoms with van der Waals surface area (Å²) in [5, 5.41) is 5.55. The molecule has 24 heavy (non-hydrogen) atoms. The van der Waals surface area contributed by atoms with E-state index in [1.807, 2.05) is 35.7 Å². The fraction of sp³-hybridized carbons (Fsp3) is 0.111. The highest BCUT2D eigenvalue weighted by molar-refractivity contribution is 7.19. The molecule has 2 aromatic heterocycles. The summed E-state index contributed by atoms with van der Waals surface area (Å²) in [6, 6.07) is 13.0. The van der Waals surface area contributed by atoms with Gasteiger partial charge in [0.1, 0.15) is 9.88 Å². The van der Waals surface area contributed by atoms with Gasteiger partial charge in [-0.15, -0.1) is 22.7 Å². The number of ketones is 1. The SMILES string of the molecule is Nc1c(C(=O)c2ccccc2)sc2c1C(c1cccs1)CC(=O)N2. The van der Waals surface area contributed by atoms with Crippen LogP contribution in [-0.4, -0.2) is 11.7 Å². The van der Waals surface area contributed by atoms with E-state index in [1.165, 1.54) is 11.3 Å². The van der Waals surface area contributed by atoms with Gasteiger partial charge in [-0.2, -0.15) is 0 Å². The molecule has 1 aliphatic rings. The summed E-state index contributed by atoms with van der Waals surface area (Å²) in [6.45, 7) is 0. The third-order valence-electron chi connectivity index (χ3n) is 4.10. The Morgan fingerprint density at radius 1 is 1.17 bits per heavy atom. The molecule has 0 saturated heterocycles. The number of nitrogen functional groups attached to an aromatic ring is 1. The van der Waals surface area contributed by atoms with E-state index in [0.717, 1.165) is 10.4 Å². The summed E-state index contributed by atoms with van der Waals surface area (Å²) in [6.07, 6.45) is 0.355. The van der Waals surface area contributed by atoms with Gasteiger partial charge >= 0.3 is 0 Å². The van der Waals surface area contributed by atoms with Crippen molar-refractivity contribution < 1.29 is 9.59 Å². The van der Waals surface area contributed by atoms with Crippen molar-refractivity contribution in [1.29, 1.82) is 0 Å². The first-order valence-corrected chi connectivity index (χ1v) is 9.20. The maximum absolute atomic E-state index is 12.8. The highest BCUT2D eigenvalue weighted by Crippen LogP contribution is 2.48. The second-order valence-electron chi connectivity index (χ2n) is 5.60. The zero-order valence-corrected chi connectivity index (χ0v) is 14.2. The van der Waals surface area contributed by atoms with Gasteiger partial charge in [-0.25, -0.2) is 0 Å². The van der Waals surface area contributed by atoms with Crippen molar-refractivity contribution in [2.24, 2.45) is 0 Å². The molecule has 0 spiro atoms. The number of anilines is 2. The summed E-state index contributed by atoms with van der Waals surface area (Å²) >= 11 is 2.87. The molecule has 0 saturated carbocycles. The van der Waals surface area contributed by atoms with Crippen molar-refractivity contribution in [3.63, 3.8) is 0 Å². The smallest absolute Gasteiger partial charge is 0.225 e. The minimum absolute atomic E-state index is 0.0409. The number of benzene rings is 1. The molecule has 3 N–H and O–H groups in total. The van der Waals surface area contributed by atoms with Crippen LogP contribution < -0.4 is 11.1 Å². The van der Waals surface area contributed by atoms with Crippen LogP contribution in [0.1, 0.15) is 38.0 Å². The molecule has 0 fully saturated rings. The van der Waals surface area contributed by atoms with Crippen molar-refractivity contribution >= 4 is 45.1 Å². The first-order valence-electron chi connectivity index (χ1n) is 7.50. The van der Waals surface area contributed by atoms with E-state index in [-0.39, 0.29) is 17.6 Å². The van der Waals surface area contributed by atoms with Crippen LogP contribution in [0.3, 0.4) is 0 Å². The second kappa shape index (κ2) is 5.89. The Balaban J connectivity index is 1.82.